The van der Waals surface area contributed by atoms with Crippen molar-refractivity contribution in [3.63, 3.8) is 0 Å². The predicted octanol–water partition coefficient (Wildman–Crippen LogP) is 7.81. The van der Waals surface area contributed by atoms with E-state index in [0.717, 1.165) is 59.3 Å². The van der Waals surface area contributed by atoms with Crippen LogP contribution in [0.2, 0.25) is 0 Å². The number of rotatable bonds is 8. The largest absolute Gasteiger partial charge is 0.495 e. The molecule has 0 saturated heterocycles. The van der Waals surface area contributed by atoms with Gasteiger partial charge in [-0.2, -0.15) is 5.26 Å². The van der Waals surface area contributed by atoms with Crippen LogP contribution in [-0.4, -0.2) is 18.0 Å². The third-order valence-corrected chi connectivity index (χ3v) is 7.41. The van der Waals surface area contributed by atoms with E-state index >= 15 is 0 Å². The van der Waals surface area contributed by atoms with E-state index in [4.69, 9.17) is 9.15 Å². The number of carbonyl (C=O) groups excluding carboxylic acids is 1. The number of carbonyl (C=O) groups is 1. The van der Waals surface area contributed by atoms with Crippen molar-refractivity contribution in [2.45, 2.75) is 45.6 Å². The van der Waals surface area contributed by atoms with Crippen molar-refractivity contribution < 1.29 is 13.9 Å². The van der Waals surface area contributed by atoms with Crippen molar-refractivity contribution >= 4 is 23.7 Å². The highest BCUT2D eigenvalue weighted by Crippen LogP contribution is 2.31. The topological polar surface area (TPSA) is 79.4 Å². The third-order valence-electron chi connectivity index (χ3n) is 7.41. The van der Waals surface area contributed by atoms with Crippen molar-refractivity contribution in [2.24, 2.45) is 5.92 Å². The lowest BCUT2D eigenvalue weighted by Crippen LogP contribution is -2.36. The fourth-order valence-corrected chi connectivity index (χ4v) is 5.24. The Balaban J connectivity index is 1.41. The summed E-state index contributed by atoms with van der Waals surface area (Å²) in [4.78, 5) is 20.1. The SMILES string of the molecule is COc1ccc(-c2ccc(CN(C(=O)C3CCCCC3)c3cccc(/C=C/c4nc(C)co4)c3)cc2)cc1C#N. The molecule has 6 nitrogen and oxygen atoms in total. The minimum absolute atomic E-state index is 0.0474. The summed E-state index contributed by atoms with van der Waals surface area (Å²) in [5.74, 6) is 1.34. The first-order valence-corrected chi connectivity index (χ1v) is 13.7. The average molecular weight is 532 g/mol. The Kier molecular flexibility index (Phi) is 8.41. The van der Waals surface area contributed by atoms with Crippen molar-refractivity contribution in [1.29, 1.82) is 5.26 Å². The van der Waals surface area contributed by atoms with E-state index in [2.05, 4.69) is 23.2 Å². The molecule has 1 amide bonds. The van der Waals surface area contributed by atoms with Crippen LogP contribution in [0.25, 0.3) is 23.3 Å². The molecule has 0 atom stereocenters. The van der Waals surface area contributed by atoms with Crippen LogP contribution in [-0.2, 0) is 11.3 Å². The Labute approximate surface area is 235 Å². The van der Waals surface area contributed by atoms with Gasteiger partial charge in [0.25, 0.3) is 0 Å². The van der Waals surface area contributed by atoms with Gasteiger partial charge in [0.05, 0.1) is 24.9 Å². The van der Waals surface area contributed by atoms with Gasteiger partial charge in [-0.05, 0) is 72.4 Å². The molecule has 0 spiro atoms. The van der Waals surface area contributed by atoms with Crippen molar-refractivity contribution in [2.75, 3.05) is 12.0 Å². The fourth-order valence-electron chi connectivity index (χ4n) is 5.24. The summed E-state index contributed by atoms with van der Waals surface area (Å²) < 4.78 is 10.7. The molecule has 6 heteroatoms. The van der Waals surface area contributed by atoms with Gasteiger partial charge in [0.1, 0.15) is 18.1 Å². The molecule has 0 N–H and O–H groups in total. The van der Waals surface area contributed by atoms with Crippen LogP contribution in [0, 0.1) is 24.2 Å². The van der Waals surface area contributed by atoms with Gasteiger partial charge in [0.2, 0.25) is 11.8 Å². The van der Waals surface area contributed by atoms with Crippen molar-refractivity contribution in [3.8, 4) is 22.9 Å². The summed E-state index contributed by atoms with van der Waals surface area (Å²) in [5, 5.41) is 9.46. The second-order valence-electron chi connectivity index (χ2n) is 10.2. The van der Waals surface area contributed by atoms with Crippen LogP contribution in [0.4, 0.5) is 5.69 Å². The van der Waals surface area contributed by atoms with E-state index in [0.29, 0.717) is 23.7 Å². The standard InChI is InChI=1S/C34H33N3O3/c1-24-23-40-33(36-24)18-13-25-7-6-10-31(19-25)37(34(38)28-8-4-3-5-9-28)22-26-11-14-27(15-12-26)29-16-17-32(39-2)30(20-29)21-35/h6-7,10-20,23,28H,3-5,8-9,22H2,1-2H3/b18-13+. The number of aryl methyl sites for hydroxylation is 1. The van der Waals surface area contributed by atoms with Gasteiger partial charge < -0.3 is 14.1 Å². The minimum atomic E-state index is 0.0474. The van der Waals surface area contributed by atoms with Crippen LogP contribution in [0.5, 0.6) is 5.75 Å². The molecule has 1 heterocycles. The van der Waals surface area contributed by atoms with Gasteiger partial charge in [-0.3, -0.25) is 4.79 Å². The molecule has 1 aliphatic rings. The maximum atomic E-state index is 13.9. The molecule has 3 aromatic carbocycles. The summed E-state index contributed by atoms with van der Waals surface area (Å²) in [6, 6.07) is 24.0. The number of nitriles is 1. The molecule has 1 fully saturated rings. The lowest BCUT2D eigenvalue weighted by atomic mass is 9.88. The maximum absolute atomic E-state index is 13.9. The Morgan fingerprint density at radius 2 is 1.82 bits per heavy atom. The number of hydrogen-bond acceptors (Lipinski definition) is 5. The number of methoxy groups -OCH3 is 1. The highest BCUT2D eigenvalue weighted by Gasteiger charge is 2.27. The maximum Gasteiger partial charge on any atom is 0.230 e. The number of oxazole rings is 1. The molecule has 1 saturated carbocycles. The van der Waals surface area contributed by atoms with Gasteiger partial charge in [-0.15, -0.1) is 0 Å². The molecule has 40 heavy (non-hydrogen) atoms. The van der Waals surface area contributed by atoms with E-state index < -0.39 is 0 Å². The first kappa shape index (κ1) is 27.0. The monoisotopic (exact) mass is 531 g/mol. The molecule has 5 rings (SSSR count). The van der Waals surface area contributed by atoms with Gasteiger partial charge >= 0.3 is 0 Å². The number of benzene rings is 3. The lowest BCUT2D eigenvalue weighted by Gasteiger charge is -2.30. The Morgan fingerprint density at radius 1 is 1.05 bits per heavy atom. The van der Waals surface area contributed by atoms with Crippen LogP contribution < -0.4 is 9.64 Å². The molecule has 0 aliphatic heterocycles. The zero-order valence-electron chi connectivity index (χ0n) is 23.0. The first-order chi connectivity index (χ1) is 19.5. The summed E-state index contributed by atoms with van der Waals surface area (Å²) in [6.07, 6.45) is 10.7. The van der Waals surface area contributed by atoms with E-state index in [1.54, 1.807) is 13.4 Å². The smallest absolute Gasteiger partial charge is 0.230 e. The second-order valence-corrected chi connectivity index (χ2v) is 10.2. The molecular formula is C34H33N3O3. The summed E-state index contributed by atoms with van der Waals surface area (Å²) in [5.41, 5.74) is 6.17. The number of hydrogen-bond donors (Lipinski definition) is 0. The Hall–Kier alpha value is -4.63. The van der Waals surface area contributed by atoms with Crippen LogP contribution >= 0.6 is 0 Å². The van der Waals surface area contributed by atoms with E-state index in [1.807, 2.05) is 78.6 Å². The summed E-state index contributed by atoms with van der Waals surface area (Å²) in [6.45, 7) is 2.37. The molecular weight excluding hydrogens is 498 g/mol. The zero-order chi connectivity index (χ0) is 27.9. The molecule has 202 valence electrons. The number of anilines is 1. The molecule has 1 aliphatic carbocycles. The Morgan fingerprint density at radius 3 is 2.52 bits per heavy atom. The zero-order valence-corrected chi connectivity index (χ0v) is 23.0. The van der Waals surface area contributed by atoms with Gasteiger partial charge in [0, 0.05) is 17.7 Å². The highest BCUT2D eigenvalue weighted by atomic mass is 16.5. The first-order valence-electron chi connectivity index (χ1n) is 13.7. The molecule has 0 bridgehead atoms. The molecule has 0 unspecified atom stereocenters. The van der Waals surface area contributed by atoms with Crippen LogP contribution in [0.3, 0.4) is 0 Å². The third kappa shape index (κ3) is 6.32. The number of ether oxygens (including phenoxy) is 1. The average Bonchev–Trinajstić information content (AvgIpc) is 3.44. The predicted molar refractivity (Wildman–Crippen MR) is 158 cm³/mol. The molecule has 1 aromatic heterocycles. The number of amides is 1. The van der Waals surface area contributed by atoms with Crippen molar-refractivity contribution in [1.82, 2.24) is 4.98 Å². The summed E-state index contributed by atoms with van der Waals surface area (Å²) in [7, 11) is 1.56. The Bertz CT molecular complexity index is 1540. The second kappa shape index (κ2) is 12.5. The number of nitrogens with zero attached hydrogens (tertiary/aromatic N) is 3. The summed E-state index contributed by atoms with van der Waals surface area (Å²) >= 11 is 0. The fraction of sp³-hybridized carbons (Fsp3) is 0.265. The van der Waals surface area contributed by atoms with E-state index in [-0.39, 0.29) is 11.8 Å². The molecule has 4 aromatic rings. The van der Waals surface area contributed by atoms with Gasteiger partial charge in [0.15, 0.2) is 0 Å². The highest BCUT2D eigenvalue weighted by molar-refractivity contribution is 5.95. The molecule has 0 radical (unpaired) electrons. The lowest BCUT2D eigenvalue weighted by molar-refractivity contribution is -0.123. The van der Waals surface area contributed by atoms with Crippen LogP contribution in [0.15, 0.2) is 77.4 Å². The minimum Gasteiger partial charge on any atom is -0.495 e. The van der Waals surface area contributed by atoms with Gasteiger partial charge in [-0.1, -0.05) is 61.7 Å². The quantitative estimate of drug-likeness (QED) is 0.232. The van der Waals surface area contributed by atoms with Gasteiger partial charge in [-0.25, -0.2) is 4.98 Å². The van der Waals surface area contributed by atoms with Crippen LogP contribution in [0.1, 0.15) is 60.4 Å². The normalized spacial score (nSPS) is 13.7. The van der Waals surface area contributed by atoms with E-state index in [1.165, 1.54) is 6.42 Å². The van der Waals surface area contributed by atoms with Crippen molar-refractivity contribution in [3.05, 3.63) is 101 Å². The van der Waals surface area contributed by atoms with E-state index in [9.17, 15) is 10.1 Å². The number of aromatic nitrogens is 1.